The fourth-order valence-corrected chi connectivity index (χ4v) is 1.63. The molecule has 90 valence electrons. The molecule has 0 atom stereocenters. The van der Waals surface area contributed by atoms with Crippen LogP contribution in [0, 0.1) is 29.9 Å². The lowest BCUT2D eigenvalue weighted by Crippen LogP contribution is -2.14. The Balaban J connectivity index is 2.33. The van der Waals surface area contributed by atoms with Crippen molar-refractivity contribution in [3.05, 3.63) is 33.4 Å². The first-order chi connectivity index (χ1) is 7.99. The molecule has 1 amide bonds. The van der Waals surface area contributed by atoms with Gasteiger partial charge in [0.1, 0.15) is 5.69 Å². The molecular weight excluding hydrogens is 220 g/mol. The molecule has 1 N–H and O–H groups in total. The van der Waals surface area contributed by atoms with Crippen LogP contribution in [0.15, 0.2) is 12.1 Å². The Labute approximate surface area is 99.0 Å². The molecule has 1 aromatic carbocycles. The number of carbonyl (C=O) groups is 1. The van der Waals surface area contributed by atoms with E-state index in [4.69, 9.17) is 0 Å². The molecule has 0 saturated heterocycles. The number of benzene rings is 1. The highest BCUT2D eigenvalue weighted by molar-refractivity contribution is 5.96. The molecule has 0 aliphatic heterocycles. The molecule has 1 aromatic rings. The topological polar surface area (TPSA) is 72.2 Å². The average molecular weight is 234 g/mol. The Bertz CT molecular complexity index is 493. The van der Waals surface area contributed by atoms with E-state index in [9.17, 15) is 14.9 Å². The van der Waals surface area contributed by atoms with Crippen LogP contribution < -0.4 is 5.32 Å². The number of nitrogens with one attached hydrogen (secondary N) is 1. The minimum absolute atomic E-state index is 0.0382. The number of nitro groups is 1. The van der Waals surface area contributed by atoms with Crippen molar-refractivity contribution < 1.29 is 9.72 Å². The molecule has 17 heavy (non-hydrogen) atoms. The average Bonchev–Trinajstić information content (AvgIpc) is 3.06. The first-order valence-electron chi connectivity index (χ1n) is 5.55. The van der Waals surface area contributed by atoms with Crippen LogP contribution in [0.25, 0.3) is 0 Å². The summed E-state index contributed by atoms with van der Waals surface area (Å²) in [4.78, 5) is 22.1. The summed E-state index contributed by atoms with van der Waals surface area (Å²) >= 11 is 0. The minimum Gasteiger partial charge on any atom is -0.320 e. The van der Waals surface area contributed by atoms with E-state index in [0.29, 0.717) is 5.69 Å². The summed E-state index contributed by atoms with van der Waals surface area (Å²) in [6, 6.07) is 3.16. The molecule has 0 heterocycles. The number of hydrogen-bond donors (Lipinski definition) is 1. The molecule has 1 saturated carbocycles. The van der Waals surface area contributed by atoms with E-state index in [1.807, 2.05) is 13.8 Å². The Morgan fingerprint density at radius 2 is 1.94 bits per heavy atom. The maximum Gasteiger partial charge on any atom is 0.293 e. The minimum atomic E-state index is -0.463. The summed E-state index contributed by atoms with van der Waals surface area (Å²) in [6.07, 6.45) is 1.76. The van der Waals surface area contributed by atoms with Crippen LogP contribution >= 0.6 is 0 Å². The molecule has 5 nitrogen and oxygen atoms in total. The lowest BCUT2D eigenvalue weighted by molar-refractivity contribution is -0.384. The van der Waals surface area contributed by atoms with E-state index < -0.39 is 4.92 Å². The van der Waals surface area contributed by atoms with Crippen molar-refractivity contribution in [2.75, 3.05) is 5.32 Å². The zero-order valence-corrected chi connectivity index (χ0v) is 9.82. The van der Waals surface area contributed by atoms with Crippen molar-refractivity contribution in [3.63, 3.8) is 0 Å². The van der Waals surface area contributed by atoms with E-state index in [1.165, 1.54) is 6.07 Å². The Morgan fingerprint density at radius 1 is 1.35 bits per heavy atom. The van der Waals surface area contributed by atoms with Gasteiger partial charge < -0.3 is 5.32 Å². The third-order valence-electron chi connectivity index (χ3n) is 3.01. The van der Waals surface area contributed by atoms with Gasteiger partial charge in [0.25, 0.3) is 5.69 Å². The van der Waals surface area contributed by atoms with Crippen molar-refractivity contribution in [1.82, 2.24) is 0 Å². The van der Waals surface area contributed by atoms with Crippen LogP contribution in [0.4, 0.5) is 11.4 Å². The van der Waals surface area contributed by atoms with Crippen LogP contribution in [0.2, 0.25) is 0 Å². The predicted octanol–water partition coefficient (Wildman–Crippen LogP) is 2.56. The maximum atomic E-state index is 11.6. The lowest BCUT2D eigenvalue weighted by Gasteiger charge is -2.08. The summed E-state index contributed by atoms with van der Waals surface area (Å²) in [5, 5.41) is 13.5. The lowest BCUT2D eigenvalue weighted by atomic mass is 10.1. The van der Waals surface area contributed by atoms with Gasteiger partial charge in [0, 0.05) is 12.0 Å². The van der Waals surface area contributed by atoms with Gasteiger partial charge in [0.15, 0.2) is 0 Å². The third-order valence-corrected chi connectivity index (χ3v) is 3.01. The van der Waals surface area contributed by atoms with Crippen LogP contribution in [0.3, 0.4) is 0 Å². The quantitative estimate of drug-likeness (QED) is 0.645. The summed E-state index contributed by atoms with van der Waals surface area (Å²) in [7, 11) is 0. The number of amides is 1. The van der Waals surface area contributed by atoms with Crippen molar-refractivity contribution in [2.24, 2.45) is 5.92 Å². The summed E-state index contributed by atoms with van der Waals surface area (Å²) < 4.78 is 0. The number of carbonyl (C=O) groups excluding carboxylic acids is 1. The number of anilines is 1. The van der Waals surface area contributed by atoms with E-state index in [2.05, 4.69) is 5.32 Å². The zero-order chi connectivity index (χ0) is 12.6. The van der Waals surface area contributed by atoms with Gasteiger partial charge in [-0.3, -0.25) is 14.9 Å². The highest BCUT2D eigenvalue weighted by Gasteiger charge is 2.31. The number of nitrogens with zero attached hydrogens (tertiary/aromatic N) is 1. The fourth-order valence-electron chi connectivity index (χ4n) is 1.63. The van der Waals surface area contributed by atoms with Crippen LogP contribution in [-0.2, 0) is 4.79 Å². The molecule has 1 aliphatic rings. The number of nitro benzene ring substituents is 1. The summed E-state index contributed by atoms with van der Waals surface area (Å²) in [5.74, 6) is -0.0763. The number of hydrogen-bond acceptors (Lipinski definition) is 3. The molecule has 0 bridgehead atoms. The van der Waals surface area contributed by atoms with E-state index in [1.54, 1.807) is 6.07 Å². The number of aryl methyl sites for hydroxylation is 2. The van der Waals surface area contributed by atoms with E-state index in [0.717, 1.165) is 24.0 Å². The second-order valence-corrected chi connectivity index (χ2v) is 4.47. The maximum absolute atomic E-state index is 11.6. The van der Waals surface area contributed by atoms with Crippen LogP contribution in [-0.4, -0.2) is 10.8 Å². The number of rotatable bonds is 3. The summed E-state index contributed by atoms with van der Waals surface area (Å²) in [5.41, 5.74) is 2.04. The standard InChI is InChI=1S/C12H14N2O3/c1-7-5-10(13-12(15)9-3-4-9)11(14(16)17)6-8(7)2/h5-6,9H,3-4H2,1-2H3,(H,13,15). The largest absolute Gasteiger partial charge is 0.320 e. The molecule has 5 heteroatoms. The molecule has 0 aromatic heterocycles. The Morgan fingerprint density at radius 3 is 2.47 bits per heavy atom. The Hall–Kier alpha value is -1.91. The highest BCUT2D eigenvalue weighted by atomic mass is 16.6. The molecule has 1 fully saturated rings. The van der Waals surface area contributed by atoms with Crippen LogP contribution in [0.1, 0.15) is 24.0 Å². The van der Waals surface area contributed by atoms with Gasteiger partial charge in [-0.15, -0.1) is 0 Å². The SMILES string of the molecule is Cc1cc(NC(=O)C2CC2)c([N+](=O)[O-])cc1C. The van der Waals surface area contributed by atoms with Gasteiger partial charge >= 0.3 is 0 Å². The smallest absolute Gasteiger partial charge is 0.293 e. The van der Waals surface area contributed by atoms with Gasteiger partial charge in [-0.25, -0.2) is 0 Å². The van der Waals surface area contributed by atoms with E-state index >= 15 is 0 Å². The van der Waals surface area contributed by atoms with E-state index in [-0.39, 0.29) is 17.5 Å². The van der Waals surface area contributed by atoms with Crippen LogP contribution in [0.5, 0.6) is 0 Å². The monoisotopic (exact) mass is 234 g/mol. The second-order valence-electron chi connectivity index (χ2n) is 4.47. The van der Waals surface area contributed by atoms with Crippen molar-refractivity contribution >= 4 is 17.3 Å². The molecule has 0 unspecified atom stereocenters. The van der Waals surface area contributed by atoms with Gasteiger partial charge in [-0.2, -0.15) is 0 Å². The highest BCUT2D eigenvalue weighted by Crippen LogP contribution is 2.33. The normalized spacial score (nSPS) is 14.5. The van der Waals surface area contributed by atoms with Crippen molar-refractivity contribution in [1.29, 1.82) is 0 Å². The Kier molecular flexibility index (Phi) is 2.83. The summed E-state index contributed by atoms with van der Waals surface area (Å²) in [6.45, 7) is 3.68. The third kappa shape index (κ3) is 2.43. The van der Waals surface area contributed by atoms with Gasteiger partial charge in [-0.1, -0.05) is 0 Å². The molecule has 1 aliphatic carbocycles. The van der Waals surface area contributed by atoms with Gasteiger partial charge in [0.05, 0.1) is 4.92 Å². The molecular formula is C12H14N2O3. The molecule has 0 spiro atoms. The molecule has 0 radical (unpaired) electrons. The second kappa shape index (κ2) is 4.16. The zero-order valence-electron chi connectivity index (χ0n) is 9.82. The first-order valence-corrected chi connectivity index (χ1v) is 5.55. The molecule has 2 rings (SSSR count). The van der Waals surface area contributed by atoms with Gasteiger partial charge in [-0.05, 0) is 43.9 Å². The predicted molar refractivity (Wildman–Crippen MR) is 63.9 cm³/mol. The fraction of sp³-hybridized carbons (Fsp3) is 0.417. The van der Waals surface area contributed by atoms with Crippen molar-refractivity contribution in [2.45, 2.75) is 26.7 Å². The first kappa shape index (κ1) is 11.6. The van der Waals surface area contributed by atoms with Crippen molar-refractivity contribution in [3.8, 4) is 0 Å². The van der Waals surface area contributed by atoms with Gasteiger partial charge in [0.2, 0.25) is 5.91 Å².